The zero-order valence-corrected chi connectivity index (χ0v) is 10.2. The largest absolute Gasteiger partial charge is 0.454 e. The number of nitrogens with two attached hydrogens (primary N) is 1. The molecule has 2 aromatic rings. The number of fused-ring (bicyclic) bond motifs is 1. The second-order valence-electron chi connectivity index (χ2n) is 4.30. The minimum Gasteiger partial charge on any atom is -0.454 e. The molecule has 1 aliphatic rings. The third-order valence-corrected chi connectivity index (χ3v) is 3.07. The molecule has 0 fully saturated rings. The first-order valence-electron chi connectivity index (χ1n) is 5.89. The molecule has 1 atom stereocenters. The predicted octanol–water partition coefficient (Wildman–Crippen LogP) is 1.47. The van der Waals surface area contributed by atoms with Crippen LogP contribution in [0.15, 0.2) is 30.5 Å². The zero-order valence-electron chi connectivity index (χ0n) is 10.2. The van der Waals surface area contributed by atoms with Crippen molar-refractivity contribution >= 4 is 0 Å². The van der Waals surface area contributed by atoms with Crippen molar-refractivity contribution in [3.05, 3.63) is 41.7 Å². The van der Waals surface area contributed by atoms with Crippen LogP contribution < -0.4 is 15.2 Å². The van der Waals surface area contributed by atoms with Crippen LogP contribution in [0.2, 0.25) is 0 Å². The maximum absolute atomic E-state index is 5.86. The van der Waals surface area contributed by atoms with Crippen molar-refractivity contribution in [2.24, 2.45) is 5.73 Å². The van der Waals surface area contributed by atoms with Crippen LogP contribution in [0.5, 0.6) is 11.5 Å². The van der Waals surface area contributed by atoms with E-state index < -0.39 is 0 Å². The van der Waals surface area contributed by atoms with E-state index in [9.17, 15) is 0 Å². The molecule has 5 nitrogen and oxygen atoms in total. The third-order valence-electron chi connectivity index (χ3n) is 3.07. The first kappa shape index (κ1) is 11.1. The molecule has 3 rings (SSSR count). The van der Waals surface area contributed by atoms with Gasteiger partial charge in [0.2, 0.25) is 6.79 Å². The number of benzene rings is 1. The van der Waals surface area contributed by atoms with Crippen molar-refractivity contribution in [1.29, 1.82) is 0 Å². The molecule has 5 heteroatoms. The molecule has 1 aromatic heterocycles. The van der Waals surface area contributed by atoms with Crippen LogP contribution in [0.3, 0.4) is 0 Å². The van der Waals surface area contributed by atoms with E-state index in [0.29, 0.717) is 6.54 Å². The van der Waals surface area contributed by atoms with E-state index in [4.69, 9.17) is 15.2 Å². The van der Waals surface area contributed by atoms with Gasteiger partial charge in [-0.1, -0.05) is 6.07 Å². The van der Waals surface area contributed by atoms with E-state index in [2.05, 4.69) is 5.10 Å². The van der Waals surface area contributed by atoms with Crippen molar-refractivity contribution in [3.63, 3.8) is 0 Å². The number of hydrogen-bond acceptors (Lipinski definition) is 4. The number of hydrogen-bond donors (Lipinski definition) is 1. The van der Waals surface area contributed by atoms with Crippen LogP contribution >= 0.6 is 0 Å². The SMILES string of the molecule is Cc1ccn(C(CN)c2ccc3c(c2)OCO3)n1. The Kier molecular flexibility index (Phi) is 2.68. The van der Waals surface area contributed by atoms with Gasteiger partial charge in [-0.25, -0.2) is 0 Å². The summed E-state index contributed by atoms with van der Waals surface area (Å²) in [4.78, 5) is 0. The quantitative estimate of drug-likeness (QED) is 0.889. The molecule has 2 N–H and O–H groups in total. The number of rotatable bonds is 3. The fraction of sp³-hybridized carbons (Fsp3) is 0.308. The molecule has 0 bridgehead atoms. The van der Waals surface area contributed by atoms with Gasteiger partial charge in [0.15, 0.2) is 11.5 Å². The standard InChI is InChI=1S/C13H15N3O2/c1-9-4-5-16(15-9)11(7-14)10-2-3-12-13(6-10)18-8-17-12/h2-6,11H,7-8,14H2,1H3. The monoisotopic (exact) mass is 245 g/mol. The van der Waals surface area contributed by atoms with E-state index >= 15 is 0 Å². The predicted molar refractivity (Wildman–Crippen MR) is 66.7 cm³/mol. The van der Waals surface area contributed by atoms with Gasteiger partial charge in [0.25, 0.3) is 0 Å². The molecule has 1 unspecified atom stereocenters. The highest BCUT2D eigenvalue weighted by Gasteiger charge is 2.18. The lowest BCUT2D eigenvalue weighted by Crippen LogP contribution is -2.21. The molecule has 1 aromatic carbocycles. The molecule has 18 heavy (non-hydrogen) atoms. The second-order valence-corrected chi connectivity index (χ2v) is 4.30. The number of nitrogens with zero attached hydrogens (tertiary/aromatic N) is 2. The van der Waals surface area contributed by atoms with Crippen LogP contribution in [0.1, 0.15) is 17.3 Å². The molecule has 0 aliphatic carbocycles. The van der Waals surface area contributed by atoms with Crippen molar-refractivity contribution in [2.75, 3.05) is 13.3 Å². The van der Waals surface area contributed by atoms with E-state index in [1.54, 1.807) is 0 Å². The normalized spacial score (nSPS) is 14.8. The van der Waals surface area contributed by atoms with Gasteiger partial charge in [-0.3, -0.25) is 4.68 Å². The molecule has 0 amide bonds. The summed E-state index contributed by atoms with van der Waals surface area (Å²) in [5.74, 6) is 1.56. The highest BCUT2D eigenvalue weighted by atomic mass is 16.7. The minimum absolute atomic E-state index is 0.0215. The van der Waals surface area contributed by atoms with Gasteiger partial charge in [-0.2, -0.15) is 5.10 Å². The van der Waals surface area contributed by atoms with Crippen molar-refractivity contribution in [1.82, 2.24) is 9.78 Å². The van der Waals surface area contributed by atoms with Crippen LogP contribution in [0.25, 0.3) is 0 Å². The summed E-state index contributed by atoms with van der Waals surface area (Å²) in [5.41, 5.74) is 7.91. The maximum atomic E-state index is 5.86. The number of aromatic nitrogens is 2. The zero-order chi connectivity index (χ0) is 12.5. The lowest BCUT2D eigenvalue weighted by Gasteiger charge is -2.16. The highest BCUT2D eigenvalue weighted by Crippen LogP contribution is 2.34. The molecule has 1 aliphatic heterocycles. The van der Waals surface area contributed by atoms with Crippen LogP contribution in [0, 0.1) is 6.92 Å². The number of aryl methyl sites for hydroxylation is 1. The van der Waals surface area contributed by atoms with Gasteiger partial charge in [-0.05, 0) is 30.7 Å². The van der Waals surface area contributed by atoms with E-state index in [0.717, 1.165) is 22.8 Å². The second kappa shape index (κ2) is 4.34. The van der Waals surface area contributed by atoms with Gasteiger partial charge in [0.05, 0.1) is 11.7 Å². The van der Waals surface area contributed by atoms with Gasteiger partial charge in [-0.15, -0.1) is 0 Å². The molecule has 94 valence electrons. The topological polar surface area (TPSA) is 62.3 Å². The first-order valence-corrected chi connectivity index (χ1v) is 5.89. The summed E-state index contributed by atoms with van der Waals surface area (Å²) in [5, 5.41) is 4.42. The molecule has 0 saturated carbocycles. The third kappa shape index (κ3) is 1.82. The Hall–Kier alpha value is -2.01. The van der Waals surface area contributed by atoms with Crippen LogP contribution in [-0.4, -0.2) is 23.1 Å². The molecule has 0 radical (unpaired) electrons. The summed E-state index contributed by atoms with van der Waals surface area (Å²) in [6, 6.07) is 7.87. The Balaban J connectivity index is 1.96. The lowest BCUT2D eigenvalue weighted by atomic mass is 10.1. The van der Waals surface area contributed by atoms with E-state index in [1.165, 1.54) is 0 Å². The van der Waals surface area contributed by atoms with Crippen molar-refractivity contribution in [2.45, 2.75) is 13.0 Å². The average molecular weight is 245 g/mol. The smallest absolute Gasteiger partial charge is 0.231 e. The summed E-state index contributed by atoms with van der Waals surface area (Å²) >= 11 is 0. The molecule has 2 heterocycles. The Bertz CT molecular complexity index is 565. The molecule has 0 saturated heterocycles. The summed E-state index contributed by atoms with van der Waals surface area (Å²) in [6.45, 7) is 2.73. The first-order chi connectivity index (χ1) is 8.78. The Morgan fingerprint density at radius 1 is 1.33 bits per heavy atom. The Labute approximate surface area is 105 Å². The average Bonchev–Trinajstić information content (AvgIpc) is 2.99. The Morgan fingerprint density at radius 2 is 2.17 bits per heavy atom. The minimum atomic E-state index is 0.0215. The van der Waals surface area contributed by atoms with Crippen molar-refractivity contribution < 1.29 is 9.47 Å². The fourth-order valence-corrected chi connectivity index (χ4v) is 2.12. The lowest BCUT2D eigenvalue weighted by molar-refractivity contribution is 0.174. The van der Waals surface area contributed by atoms with Gasteiger partial charge < -0.3 is 15.2 Å². The van der Waals surface area contributed by atoms with Gasteiger partial charge in [0, 0.05) is 12.7 Å². The summed E-state index contributed by atoms with van der Waals surface area (Å²) in [7, 11) is 0. The van der Waals surface area contributed by atoms with Crippen LogP contribution in [0.4, 0.5) is 0 Å². The molecular weight excluding hydrogens is 230 g/mol. The van der Waals surface area contributed by atoms with Crippen LogP contribution in [-0.2, 0) is 0 Å². The Morgan fingerprint density at radius 3 is 2.89 bits per heavy atom. The fourth-order valence-electron chi connectivity index (χ4n) is 2.12. The summed E-state index contributed by atoms with van der Waals surface area (Å²) in [6.07, 6.45) is 1.94. The maximum Gasteiger partial charge on any atom is 0.231 e. The van der Waals surface area contributed by atoms with Gasteiger partial charge in [0.1, 0.15) is 0 Å². The molecular formula is C13H15N3O2. The van der Waals surface area contributed by atoms with E-state index in [1.807, 2.05) is 42.1 Å². The molecule has 0 spiro atoms. The number of ether oxygens (including phenoxy) is 2. The van der Waals surface area contributed by atoms with Gasteiger partial charge >= 0.3 is 0 Å². The van der Waals surface area contributed by atoms with E-state index in [-0.39, 0.29) is 12.8 Å². The summed E-state index contributed by atoms with van der Waals surface area (Å²) < 4.78 is 12.6. The highest BCUT2D eigenvalue weighted by molar-refractivity contribution is 5.45. The van der Waals surface area contributed by atoms with Crippen molar-refractivity contribution in [3.8, 4) is 11.5 Å².